The third kappa shape index (κ3) is 3.09. The average molecular weight is 343 g/mol. The van der Waals surface area contributed by atoms with Crippen molar-refractivity contribution in [2.75, 3.05) is 6.61 Å². The quantitative estimate of drug-likeness (QED) is 0.743. The number of hydrogen-bond donors (Lipinski definition) is 1. The zero-order chi connectivity index (χ0) is 14.7. The monoisotopic (exact) mass is 342 g/mol. The molecule has 3 aromatic rings. The van der Waals surface area contributed by atoms with Crippen molar-refractivity contribution in [2.24, 2.45) is 0 Å². The van der Waals surface area contributed by atoms with Gasteiger partial charge in [0.2, 0.25) is 0 Å². The Morgan fingerprint density at radius 1 is 0.905 bits per heavy atom. The number of rotatable bonds is 4. The van der Waals surface area contributed by atoms with E-state index >= 15 is 0 Å². The Morgan fingerprint density at radius 2 is 1.62 bits per heavy atom. The van der Waals surface area contributed by atoms with E-state index in [1.807, 2.05) is 60.7 Å². The molecule has 0 radical (unpaired) electrons. The predicted octanol–water partition coefficient (Wildman–Crippen LogP) is 4.71. The highest BCUT2D eigenvalue weighted by Crippen LogP contribution is 2.33. The molecule has 0 aliphatic carbocycles. The fourth-order valence-corrected chi connectivity index (χ4v) is 2.87. The van der Waals surface area contributed by atoms with E-state index in [1.54, 1.807) is 0 Å². The third-order valence-corrected chi connectivity index (χ3v) is 4.23. The standard InChI is InChI=1S/C18H15BrO2/c19-18-15-9-5-4-6-13(15)10-11-17(18)21-12-16(20)14-7-2-1-3-8-14/h1-11,16,20H,12H2. The van der Waals surface area contributed by atoms with Gasteiger partial charge in [0.25, 0.3) is 0 Å². The van der Waals surface area contributed by atoms with Gasteiger partial charge in [0, 0.05) is 0 Å². The van der Waals surface area contributed by atoms with E-state index in [9.17, 15) is 5.11 Å². The highest BCUT2D eigenvalue weighted by molar-refractivity contribution is 9.10. The van der Waals surface area contributed by atoms with Crippen molar-refractivity contribution in [3.63, 3.8) is 0 Å². The first-order chi connectivity index (χ1) is 10.3. The van der Waals surface area contributed by atoms with Crippen LogP contribution in [0.3, 0.4) is 0 Å². The highest BCUT2D eigenvalue weighted by atomic mass is 79.9. The van der Waals surface area contributed by atoms with Crippen LogP contribution in [0.4, 0.5) is 0 Å². The Morgan fingerprint density at radius 3 is 2.43 bits per heavy atom. The van der Waals surface area contributed by atoms with Gasteiger partial charge >= 0.3 is 0 Å². The Kier molecular flexibility index (Phi) is 4.23. The summed E-state index contributed by atoms with van der Waals surface area (Å²) in [6.45, 7) is 0.223. The second-order valence-corrected chi connectivity index (χ2v) is 5.63. The zero-order valence-corrected chi connectivity index (χ0v) is 13.0. The number of fused-ring (bicyclic) bond motifs is 1. The molecule has 0 bridgehead atoms. The highest BCUT2D eigenvalue weighted by Gasteiger charge is 2.10. The lowest BCUT2D eigenvalue weighted by Crippen LogP contribution is -2.09. The van der Waals surface area contributed by atoms with Crippen molar-refractivity contribution >= 4 is 26.7 Å². The molecule has 0 amide bonds. The molecule has 0 saturated carbocycles. The first-order valence-electron chi connectivity index (χ1n) is 6.79. The van der Waals surface area contributed by atoms with Crippen LogP contribution in [0.15, 0.2) is 71.2 Å². The normalized spacial score (nSPS) is 12.3. The molecular weight excluding hydrogens is 328 g/mol. The smallest absolute Gasteiger partial charge is 0.134 e. The summed E-state index contributed by atoms with van der Waals surface area (Å²) < 4.78 is 6.68. The van der Waals surface area contributed by atoms with Crippen molar-refractivity contribution in [1.82, 2.24) is 0 Å². The molecule has 106 valence electrons. The fraction of sp³-hybridized carbons (Fsp3) is 0.111. The Bertz CT molecular complexity index is 741. The number of ether oxygens (including phenoxy) is 1. The second kappa shape index (κ2) is 6.29. The van der Waals surface area contributed by atoms with Crippen molar-refractivity contribution in [1.29, 1.82) is 0 Å². The molecule has 0 aliphatic rings. The Labute approximate surface area is 132 Å². The molecule has 1 N–H and O–H groups in total. The maximum atomic E-state index is 10.1. The van der Waals surface area contributed by atoms with E-state index < -0.39 is 6.10 Å². The van der Waals surface area contributed by atoms with Crippen LogP contribution in [0.1, 0.15) is 11.7 Å². The molecule has 0 spiro atoms. The number of benzene rings is 3. The SMILES string of the molecule is OC(COc1ccc2ccccc2c1Br)c1ccccc1. The molecule has 1 unspecified atom stereocenters. The predicted molar refractivity (Wildman–Crippen MR) is 88.5 cm³/mol. The fourth-order valence-electron chi connectivity index (χ4n) is 2.27. The van der Waals surface area contributed by atoms with Crippen molar-refractivity contribution < 1.29 is 9.84 Å². The average Bonchev–Trinajstić information content (AvgIpc) is 2.55. The van der Waals surface area contributed by atoms with Crippen LogP contribution in [0.25, 0.3) is 10.8 Å². The minimum Gasteiger partial charge on any atom is -0.489 e. The second-order valence-electron chi connectivity index (χ2n) is 4.84. The summed E-state index contributed by atoms with van der Waals surface area (Å²) in [6, 6.07) is 21.6. The largest absolute Gasteiger partial charge is 0.489 e. The molecule has 21 heavy (non-hydrogen) atoms. The minimum absolute atomic E-state index is 0.223. The summed E-state index contributed by atoms with van der Waals surface area (Å²) in [6.07, 6.45) is -0.635. The van der Waals surface area contributed by atoms with Crippen LogP contribution in [-0.4, -0.2) is 11.7 Å². The van der Waals surface area contributed by atoms with Gasteiger partial charge in [-0.2, -0.15) is 0 Å². The molecule has 3 rings (SSSR count). The molecule has 0 fully saturated rings. The minimum atomic E-state index is -0.635. The van der Waals surface area contributed by atoms with Gasteiger partial charge in [-0.3, -0.25) is 0 Å². The molecule has 0 saturated heterocycles. The molecule has 0 heterocycles. The van der Waals surface area contributed by atoms with Gasteiger partial charge in [0.1, 0.15) is 18.5 Å². The third-order valence-electron chi connectivity index (χ3n) is 3.41. The first-order valence-corrected chi connectivity index (χ1v) is 7.58. The van der Waals surface area contributed by atoms with Crippen LogP contribution in [0.5, 0.6) is 5.75 Å². The van der Waals surface area contributed by atoms with Crippen LogP contribution in [-0.2, 0) is 0 Å². The summed E-state index contributed by atoms with van der Waals surface area (Å²) in [5.74, 6) is 0.740. The zero-order valence-electron chi connectivity index (χ0n) is 11.4. The maximum absolute atomic E-state index is 10.1. The number of halogens is 1. The van der Waals surface area contributed by atoms with Gasteiger partial charge in [-0.05, 0) is 38.3 Å². The van der Waals surface area contributed by atoms with Crippen LogP contribution in [0.2, 0.25) is 0 Å². The number of hydrogen-bond acceptors (Lipinski definition) is 2. The van der Waals surface area contributed by atoms with E-state index in [1.165, 1.54) is 0 Å². The summed E-state index contributed by atoms with van der Waals surface area (Å²) in [4.78, 5) is 0. The molecule has 0 aromatic heterocycles. The molecule has 3 aromatic carbocycles. The summed E-state index contributed by atoms with van der Waals surface area (Å²) in [7, 11) is 0. The van der Waals surface area contributed by atoms with Gasteiger partial charge in [-0.25, -0.2) is 0 Å². The number of aliphatic hydroxyl groups excluding tert-OH is 1. The van der Waals surface area contributed by atoms with Crippen molar-refractivity contribution in [3.8, 4) is 5.75 Å². The van der Waals surface area contributed by atoms with Gasteiger partial charge < -0.3 is 9.84 Å². The molecular formula is C18H15BrO2. The van der Waals surface area contributed by atoms with E-state index in [0.717, 1.165) is 26.6 Å². The van der Waals surface area contributed by atoms with E-state index in [4.69, 9.17) is 4.74 Å². The van der Waals surface area contributed by atoms with E-state index in [2.05, 4.69) is 22.0 Å². The van der Waals surface area contributed by atoms with Crippen LogP contribution < -0.4 is 4.74 Å². The van der Waals surface area contributed by atoms with Gasteiger partial charge in [-0.15, -0.1) is 0 Å². The van der Waals surface area contributed by atoms with Crippen LogP contribution in [0, 0.1) is 0 Å². The lowest BCUT2D eigenvalue weighted by Gasteiger charge is -2.14. The molecule has 1 atom stereocenters. The van der Waals surface area contributed by atoms with Gasteiger partial charge in [0.15, 0.2) is 0 Å². The Balaban J connectivity index is 1.78. The molecule has 0 aliphatic heterocycles. The molecule has 2 nitrogen and oxygen atoms in total. The van der Waals surface area contributed by atoms with Crippen molar-refractivity contribution in [2.45, 2.75) is 6.10 Å². The van der Waals surface area contributed by atoms with E-state index in [0.29, 0.717) is 0 Å². The lowest BCUT2D eigenvalue weighted by atomic mass is 10.1. The number of aliphatic hydroxyl groups is 1. The summed E-state index contributed by atoms with van der Waals surface area (Å²) >= 11 is 3.58. The summed E-state index contributed by atoms with van der Waals surface area (Å²) in [5.41, 5.74) is 0.856. The van der Waals surface area contributed by atoms with Crippen molar-refractivity contribution in [3.05, 3.63) is 76.8 Å². The molecule has 3 heteroatoms. The lowest BCUT2D eigenvalue weighted by molar-refractivity contribution is 0.108. The topological polar surface area (TPSA) is 29.5 Å². The van der Waals surface area contributed by atoms with Gasteiger partial charge in [-0.1, -0.05) is 60.7 Å². The van der Waals surface area contributed by atoms with E-state index in [-0.39, 0.29) is 6.61 Å². The summed E-state index contributed by atoms with van der Waals surface area (Å²) in [5, 5.41) is 12.4. The maximum Gasteiger partial charge on any atom is 0.134 e. The van der Waals surface area contributed by atoms with Gasteiger partial charge in [0.05, 0.1) is 4.47 Å². The Hall–Kier alpha value is -1.84. The van der Waals surface area contributed by atoms with Crippen LogP contribution >= 0.6 is 15.9 Å². The first kappa shape index (κ1) is 14.1.